The van der Waals surface area contributed by atoms with E-state index < -0.39 is 0 Å². The van der Waals surface area contributed by atoms with Gasteiger partial charge in [0.05, 0.1) is 6.61 Å². The predicted octanol–water partition coefficient (Wildman–Crippen LogP) is 2.58. The summed E-state index contributed by atoms with van der Waals surface area (Å²) >= 11 is 0. The highest BCUT2D eigenvalue weighted by molar-refractivity contribution is 5.45. The number of benzene rings is 1. The second kappa shape index (κ2) is 4.62. The van der Waals surface area contributed by atoms with Crippen LogP contribution in [0.1, 0.15) is 12.0 Å². The highest BCUT2D eigenvalue weighted by Crippen LogP contribution is 2.16. The van der Waals surface area contributed by atoms with Crippen molar-refractivity contribution in [3.05, 3.63) is 29.6 Å². The molecule has 1 aromatic carbocycles. The van der Waals surface area contributed by atoms with Gasteiger partial charge in [-0.1, -0.05) is 0 Å². The average Bonchev–Trinajstić information content (AvgIpc) is 2.73. The largest absolute Gasteiger partial charge is 0.385 e. The molecule has 0 saturated carbocycles. The molecule has 1 saturated heterocycles. The fraction of sp³-hybridized carbons (Fsp3) is 0.500. The van der Waals surface area contributed by atoms with Crippen molar-refractivity contribution in [3.63, 3.8) is 0 Å². The van der Waals surface area contributed by atoms with Crippen molar-refractivity contribution in [2.75, 3.05) is 25.1 Å². The van der Waals surface area contributed by atoms with E-state index in [1.165, 1.54) is 6.07 Å². The molecule has 0 bridgehead atoms. The highest BCUT2D eigenvalue weighted by atomic mass is 19.1. The van der Waals surface area contributed by atoms with Crippen LogP contribution in [0.25, 0.3) is 0 Å². The van der Waals surface area contributed by atoms with Crippen LogP contribution in [0.3, 0.4) is 0 Å². The molecule has 0 radical (unpaired) electrons. The van der Waals surface area contributed by atoms with Gasteiger partial charge in [0.25, 0.3) is 0 Å². The first-order valence-corrected chi connectivity index (χ1v) is 5.33. The molecule has 0 spiro atoms. The molecule has 0 aromatic heterocycles. The zero-order chi connectivity index (χ0) is 10.7. The summed E-state index contributed by atoms with van der Waals surface area (Å²) in [4.78, 5) is 0. The van der Waals surface area contributed by atoms with E-state index in [2.05, 4.69) is 5.32 Å². The van der Waals surface area contributed by atoms with Crippen LogP contribution >= 0.6 is 0 Å². The van der Waals surface area contributed by atoms with Gasteiger partial charge in [-0.15, -0.1) is 0 Å². The Morgan fingerprint density at radius 3 is 3.07 bits per heavy atom. The maximum atomic E-state index is 13.0. The molecule has 3 heteroatoms. The van der Waals surface area contributed by atoms with Crippen molar-refractivity contribution in [1.29, 1.82) is 0 Å². The lowest BCUT2D eigenvalue weighted by atomic mass is 10.1. The zero-order valence-corrected chi connectivity index (χ0v) is 8.92. The number of aryl methyl sites for hydroxylation is 1. The summed E-state index contributed by atoms with van der Waals surface area (Å²) in [6, 6.07) is 5.12. The first-order chi connectivity index (χ1) is 7.25. The molecule has 1 atom stereocenters. The Morgan fingerprint density at radius 1 is 1.53 bits per heavy atom. The van der Waals surface area contributed by atoms with Crippen molar-refractivity contribution in [1.82, 2.24) is 0 Å². The first kappa shape index (κ1) is 10.4. The summed E-state index contributed by atoms with van der Waals surface area (Å²) in [6.45, 7) is 4.40. The molecule has 1 aliphatic heterocycles. The molecular weight excluding hydrogens is 193 g/mol. The van der Waals surface area contributed by atoms with E-state index in [0.29, 0.717) is 11.5 Å². The molecule has 1 heterocycles. The number of halogens is 1. The van der Waals surface area contributed by atoms with Gasteiger partial charge in [0, 0.05) is 24.8 Å². The van der Waals surface area contributed by atoms with Gasteiger partial charge in [-0.05, 0) is 37.1 Å². The Kier molecular flexibility index (Phi) is 3.21. The molecule has 0 aliphatic carbocycles. The number of anilines is 1. The molecule has 1 aliphatic rings. The molecule has 15 heavy (non-hydrogen) atoms. The van der Waals surface area contributed by atoms with E-state index in [0.717, 1.165) is 31.9 Å². The van der Waals surface area contributed by atoms with Crippen LogP contribution in [-0.4, -0.2) is 19.8 Å². The monoisotopic (exact) mass is 209 g/mol. The maximum absolute atomic E-state index is 13.0. The smallest absolute Gasteiger partial charge is 0.126 e. The van der Waals surface area contributed by atoms with Crippen LogP contribution in [0.5, 0.6) is 0 Å². The molecule has 1 fully saturated rings. The summed E-state index contributed by atoms with van der Waals surface area (Å²) in [5.41, 5.74) is 1.67. The Labute approximate surface area is 89.4 Å². The summed E-state index contributed by atoms with van der Waals surface area (Å²) in [7, 11) is 0. The van der Waals surface area contributed by atoms with Crippen LogP contribution in [0.15, 0.2) is 18.2 Å². The fourth-order valence-corrected chi connectivity index (χ4v) is 1.76. The van der Waals surface area contributed by atoms with Crippen LogP contribution < -0.4 is 5.32 Å². The third-order valence-electron chi connectivity index (χ3n) is 2.78. The molecule has 1 unspecified atom stereocenters. The first-order valence-electron chi connectivity index (χ1n) is 5.33. The van der Waals surface area contributed by atoms with Crippen molar-refractivity contribution in [2.24, 2.45) is 5.92 Å². The molecule has 2 rings (SSSR count). The highest BCUT2D eigenvalue weighted by Gasteiger charge is 2.14. The van der Waals surface area contributed by atoms with Crippen LogP contribution in [-0.2, 0) is 4.74 Å². The van der Waals surface area contributed by atoms with Crippen molar-refractivity contribution in [2.45, 2.75) is 13.3 Å². The summed E-state index contributed by atoms with van der Waals surface area (Å²) in [5, 5.41) is 3.31. The zero-order valence-electron chi connectivity index (χ0n) is 8.92. The number of rotatable bonds is 3. The van der Waals surface area contributed by atoms with E-state index in [9.17, 15) is 4.39 Å². The third kappa shape index (κ3) is 2.69. The number of ether oxygens (including phenoxy) is 1. The molecule has 0 amide bonds. The van der Waals surface area contributed by atoms with E-state index in [1.807, 2.05) is 6.07 Å². The predicted molar refractivity (Wildman–Crippen MR) is 58.6 cm³/mol. The minimum atomic E-state index is -0.148. The van der Waals surface area contributed by atoms with Crippen molar-refractivity contribution in [3.8, 4) is 0 Å². The van der Waals surface area contributed by atoms with Gasteiger partial charge >= 0.3 is 0 Å². The number of nitrogens with one attached hydrogen (secondary N) is 1. The lowest BCUT2D eigenvalue weighted by Crippen LogP contribution is -2.14. The van der Waals surface area contributed by atoms with Crippen LogP contribution in [0, 0.1) is 18.7 Å². The summed E-state index contributed by atoms with van der Waals surface area (Å²) < 4.78 is 18.3. The number of hydrogen-bond donors (Lipinski definition) is 1. The molecule has 1 aromatic rings. The van der Waals surface area contributed by atoms with Gasteiger partial charge in [0.2, 0.25) is 0 Å². The normalized spacial score (nSPS) is 20.5. The summed E-state index contributed by atoms with van der Waals surface area (Å²) in [5.74, 6) is 0.445. The Morgan fingerprint density at radius 2 is 2.40 bits per heavy atom. The minimum absolute atomic E-state index is 0.148. The second-order valence-corrected chi connectivity index (χ2v) is 4.07. The fourth-order valence-electron chi connectivity index (χ4n) is 1.76. The topological polar surface area (TPSA) is 21.3 Å². The van der Waals surface area contributed by atoms with Gasteiger partial charge in [0.15, 0.2) is 0 Å². The van der Waals surface area contributed by atoms with Crippen LogP contribution in [0.4, 0.5) is 10.1 Å². The Balaban J connectivity index is 1.90. The van der Waals surface area contributed by atoms with E-state index >= 15 is 0 Å². The van der Waals surface area contributed by atoms with Crippen molar-refractivity contribution >= 4 is 5.69 Å². The number of hydrogen-bond acceptors (Lipinski definition) is 2. The van der Waals surface area contributed by atoms with Crippen molar-refractivity contribution < 1.29 is 9.13 Å². The Bertz CT molecular complexity index is 334. The van der Waals surface area contributed by atoms with Gasteiger partial charge in [0.1, 0.15) is 5.82 Å². The van der Waals surface area contributed by atoms with Gasteiger partial charge in [-0.2, -0.15) is 0 Å². The third-order valence-corrected chi connectivity index (χ3v) is 2.78. The van der Waals surface area contributed by atoms with E-state index in [-0.39, 0.29) is 5.82 Å². The molecular formula is C12H16FNO. The average molecular weight is 209 g/mol. The van der Waals surface area contributed by atoms with Gasteiger partial charge in [-0.3, -0.25) is 0 Å². The second-order valence-electron chi connectivity index (χ2n) is 4.07. The maximum Gasteiger partial charge on any atom is 0.126 e. The van der Waals surface area contributed by atoms with E-state index in [1.54, 1.807) is 13.0 Å². The Hall–Kier alpha value is -1.09. The minimum Gasteiger partial charge on any atom is -0.385 e. The molecule has 2 nitrogen and oxygen atoms in total. The van der Waals surface area contributed by atoms with Crippen LogP contribution in [0.2, 0.25) is 0 Å². The summed E-state index contributed by atoms with van der Waals surface area (Å²) in [6.07, 6.45) is 1.12. The van der Waals surface area contributed by atoms with Gasteiger partial charge < -0.3 is 10.1 Å². The molecule has 1 N–H and O–H groups in total. The lowest BCUT2D eigenvalue weighted by molar-refractivity contribution is 0.187. The SMILES string of the molecule is Cc1cc(NCC2CCOC2)ccc1F. The molecule has 82 valence electrons. The van der Waals surface area contributed by atoms with E-state index in [4.69, 9.17) is 4.74 Å². The quantitative estimate of drug-likeness (QED) is 0.826. The lowest BCUT2D eigenvalue weighted by Gasteiger charge is -2.11. The standard InChI is InChI=1S/C12H16FNO/c1-9-6-11(2-3-12(9)13)14-7-10-4-5-15-8-10/h2-3,6,10,14H,4-5,7-8H2,1H3. The van der Waals surface area contributed by atoms with Gasteiger partial charge in [-0.25, -0.2) is 4.39 Å².